The molecule has 2 aromatic carbocycles. The van der Waals surface area contributed by atoms with E-state index in [-0.39, 0.29) is 4.88 Å². The molecular formula is C17H9F3O3S. The van der Waals surface area contributed by atoms with Gasteiger partial charge in [0.25, 0.3) is 5.78 Å². The molecule has 0 bridgehead atoms. The number of carbonyl (C=O) groups is 2. The van der Waals surface area contributed by atoms with E-state index in [4.69, 9.17) is 4.74 Å². The molecule has 3 nitrogen and oxygen atoms in total. The van der Waals surface area contributed by atoms with E-state index in [0.717, 1.165) is 33.6 Å². The quantitative estimate of drug-likeness (QED) is 0.385. The van der Waals surface area contributed by atoms with Crippen molar-refractivity contribution in [3.63, 3.8) is 0 Å². The molecular weight excluding hydrogens is 341 g/mol. The first kappa shape index (κ1) is 16.2. The fraction of sp³-hybridized carbons (Fsp3) is 0.0588. The lowest BCUT2D eigenvalue weighted by molar-refractivity contribution is -0.0886. The minimum absolute atomic E-state index is 0.241. The second kappa shape index (κ2) is 6.09. The Morgan fingerprint density at radius 2 is 1.62 bits per heavy atom. The maximum Gasteiger partial charge on any atom is 0.455 e. The van der Waals surface area contributed by atoms with Crippen LogP contribution in [-0.2, 0) is 0 Å². The Bertz CT molecular complexity index is 895. The van der Waals surface area contributed by atoms with Crippen LogP contribution in [0.3, 0.4) is 0 Å². The van der Waals surface area contributed by atoms with Gasteiger partial charge in [-0.25, -0.2) is 4.79 Å². The lowest BCUT2D eigenvalue weighted by atomic mass is 10.1. The van der Waals surface area contributed by atoms with E-state index in [1.165, 1.54) is 12.1 Å². The van der Waals surface area contributed by atoms with Gasteiger partial charge < -0.3 is 4.74 Å². The van der Waals surface area contributed by atoms with Gasteiger partial charge in [-0.05, 0) is 29.7 Å². The summed E-state index contributed by atoms with van der Waals surface area (Å²) in [6.07, 6.45) is -5.04. The summed E-state index contributed by atoms with van der Waals surface area (Å²) in [5.41, 5.74) is -0.695. The Balaban J connectivity index is 1.91. The molecule has 0 saturated heterocycles. The Kier molecular flexibility index (Phi) is 4.11. The fourth-order valence-corrected chi connectivity index (χ4v) is 3.07. The molecule has 0 unspecified atom stereocenters. The van der Waals surface area contributed by atoms with Crippen molar-refractivity contribution >= 4 is 33.2 Å². The van der Waals surface area contributed by atoms with E-state index >= 15 is 0 Å². The summed E-state index contributed by atoms with van der Waals surface area (Å²) < 4.78 is 43.8. The molecule has 0 saturated carbocycles. The number of hydrogen-bond donors (Lipinski definition) is 0. The van der Waals surface area contributed by atoms with E-state index in [0.29, 0.717) is 0 Å². The summed E-state index contributed by atoms with van der Waals surface area (Å²) in [7, 11) is 0. The molecule has 0 radical (unpaired) electrons. The lowest BCUT2D eigenvalue weighted by Gasteiger charge is -2.10. The molecule has 0 spiro atoms. The van der Waals surface area contributed by atoms with Crippen LogP contribution >= 0.6 is 11.3 Å². The normalized spacial score (nSPS) is 11.5. The monoisotopic (exact) mass is 350 g/mol. The predicted molar refractivity (Wildman–Crippen MR) is 83.6 cm³/mol. The molecule has 0 aliphatic heterocycles. The van der Waals surface area contributed by atoms with Crippen molar-refractivity contribution in [1.29, 1.82) is 0 Å². The molecule has 3 rings (SSSR count). The third-order valence-electron chi connectivity index (χ3n) is 3.22. The number of halogens is 3. The van der Waals surface area contributed by atoms with Crippen LogP contribution in [0.25, 0.3) is 10.1 Å². The summed E-state index contributed by atoms with van der Waals surface area (Å²) in [4.78, 5) is 23.9. The molecule has 0 atom stereocenters. The number of hydrogen-bond acceptors (Lipinski definition) is 4. The highest BCUT2D eigenvalue weighted by molar-refractivity contribution is 7.20. The zero-order valence-electron chi connectivity index (χ0n) is 12.0. The molecule has 0 N–H and O–H groups in total. The van der Waals surface area contributed by atoms with E-state index in [1.807, 2.05) is 24.3 Å². The predicted octanol–water partition coefficient (Wildman–Crippen LogP) is 4.87. The van der Waals surface area contributed by atoms with Crippen molar-refractivity contribution < 1.29 is 27.5 Å². The van der Waals surface area contributed by atoms with Crippen molar-refractivity contribution in [2.75, 3.05) is 0 Å². The molecule has 3 aromatic rings. The molecule has 0 aliphatic rings. The first-order valence-corrected chi connectivity index (χ1v) is 7.59. The summed E-state index contributed by atoms with van der Waals surface area (Å²) in [6, 6.07) is 13.6. The number of esters is 1. The topological polar surface area (TPSA) is 43.4 Å². The third kappa shape index (κ3) is 3.16. The Morgan fingerprint density at radius 3 is 2.33 bits per heavy atom. The minimum Gasteiger partial charge on any atom is -0.422 e. The molecule has 1 heterocycles. The number of rotatable bonds is 3. The van der Waals surface area contributed by atoms with Gasteiger partial charge in [0.15, 0.2) is 0 Å². The van der Waals surface area contributed by atoms with Gasteiger partial charge in [-0.1, -0.05) is 30.3 Å². The molecule has 0 fully saturated rings. The van der Waals surface area contributed by atoms with Crippen LogP contribution in [0.15, 0.2) is 54.6 Å². The number of para-hydroxylation sites is 1. The number of alkyl halides is 3. The number of carbonyl (C=O) groups excluding carboxylic acids is 2. The number of thiophene rings is 1. The molecule has 1 aromatic heterocycles. The van der Waals surface area contributed by atoms with E-state index in [9.17, 15) is 22.8 Å². The maximum absolute atomic E-state index is 12.6. The second-order valence-corrected chi connectivity index (χ2v) is 5.94. The number of benzene rings is 2. The lowest BCUT2D eigenvalue weighted by Crippen LogP contribution is -2.24. The number of Topliss-reactive ketones (excluding diaryl/α,β-unsaturated/α-hetero) is 1. The van der Waals surface area contributed by atoms with Crippen LogP contribution in [0, 0.1) is 0 Å². The van der Waals surface area contributed by atoms with Crippen molar-refractivity contribution in [1.82, 2.24) is 0 Å². The smallest absolute Gasteiger partial charge is 0.422 e. The maximum atomic E-state index is 12.6. The molecule has 122 valence electrons. The Hall–Kier alpha value is -2.67. The fourth-order valence-electron chi connectivity index (χ4n) is 2.13. The standard InChI is InChI=1S/C17H9F3O3S/c18-17(19,20)15(21)11-6-2-3-7-12(11)23-16(22)14-9-10-5-1-4-8-13(10)24-14/h1-9H. The highest BCUT2D eigenvalue weighted by Crippen LogP contribution is 2.30. The van der Waals surface area contributed by atoms with Crippen molar-refractivity contribution in [3.8, 4) is 5.75 Å². The van der Waals surface area contributed by atoms with Gasteiger partial charge in [0.2, 0.25) is 0 Å². The average Bonchev–Trinajstić information content (AvgIpc) is 2.98. The molecule has 0 amide bonds. The summed E-state index contributed by atoms with van der Waals surface area (Å²) >= 11 is 1.16. The van der Waals surface area contributed by atoms with Gasteiger partial charge in [0.1, 0.15) is 10.6 Å². The number of fused-ring (bicyclic) bond motifs is 1. The number of ketones is 1. The van der Waals surface area contributed by atoms with Crippen LogP contribution in [0.4, 0.5) is 13.2 Å². The van der Waals surface area contributed by atoms with Gasteiger partial charge in [-0.2, -0.15) is 13.2 Å². The zero-order valence-corrected chi connectivity index (χ0v) is 12.8. The Morgan fingerprint density at radius 1 is 0.958 bits per heavy atom. The van der Waals surface area contributed by atoms with Gasteiger partial charge in [-0.15, -0.1) is 11.3 Å². The summed E-state index contributed by atoms with van der Waals surface area (Å²) in [6.45, 7) is 0. The SMILES string of the molecule is O=C(Oc1ccccc1C(=O)C(F)(F)F)c1cc2ccccc2s1. The zero-order chi connectivity index (χ0) is 17.3. The van der Waals surface area contributed by atoms with Crippen molar-refractivity contribution in [2.24, 2.45) is 0 Å². The molecule has 7 heteroatoms. The van der Waals surface area contributed by atoms with E-state index in [2.05, 4.69) is 0 Å². The van der Waals surface area contributed by atoms with Crippen LogP contribution in [0.5, 0.6) is 5.75 Å². The van der Waals surface area contributed by atoms with E-state index in [1.54, 1.807) is 6.07 Å². The first-order valence-electron chi connectivity index (χ1n) is 6.77. The van der Waals surface area contributed by atoms with Crippen molar-refractivity contribution in [2.45, 2.75) is 6.18 Å². The van der Waals surface area contributed by atoms with Gasteiger partial charge >= 0.3 is 12.1 Å². The highest BCUT2D eigenvalue weighted by atomic mass is 32.1. The second-order valence-electron chi connectivity index (χ2n) is 4.86. The molecule has 24 heavy (non-hydrogen) atoms. The Labute approximate surface area is 138 Å². The highest BCUT2D eigenvalue weighted by Gasteiger charge is 2.41. The largest absolute Gasteiger partial charge is 0.455 e. The van der Waals surface area contributed by atoms with Crippen LogP contribution < -0.4 is 4.74 Å². The van der Waals surface area contributed by atoms with Gasteiger partial charge in [-0.3, -0.25) is 4.79 Å². The summed E-state index contributed by atoms with van der Waals surface area (Å²) in [5, 5.41) is 0.828. The summed E-state index contributed by atoms with van der Waals surface area (Å²) in [5.74, 6) is -3.27. The molecule has 0 aliphatic carbocycles. The van der Waals surface area contributed by atoms with Crippen LogP contribution in [-0.4, -0.2) is 17.9 Å². The van der Waals surface area contributed by atoms with Crippen molar-refractivity contribution in [3.05, 3.63) is 65.0 Å². The number of ether oxygens (including phenoxy) is 1. The first-order chi connectivity index (χ1) is 11.4. The van der Waals surface area contributed by atoms with Crippen LogP contribution in [0.1, 0.15) is 20.0 Å². The van der Waals surface area contributed by atoms with Gasteiger partial charge in [0, 0.05) is 4.70 Å². The average molecular weight is 350 g/mol. The van der Waals surface area contributed by atoms with Crippen LogP contribution in [0.2, 0.25) is 0 Å². The van der Waals surface area contributed by atoms with E-state index < -0.39 is 29.2 Å². The third-order valence-corrected chi connectivity index (χ3v) is 4.31. The van der Waals surface area contributed by atoms with Gasteiger partial charge in [0.05, 0.1) is 5.56 Å². The minimum atomic E-state index is -5.04.